The summed E-state index contributed by atoms with van der Waals surface area (Å²) < 4.78 is 15.1. The van der Waals surface area contributed by atoms with Crippen molar-refractivity contribution >= 4 is 11.9 Å². The van der Waals surface area contributed by atoms with Gasteiger partial charge in [-0.3, -0.25) is 4.79 Å². The molecule has 0 bridgehead atoms. The average molecular weight is 224 g/mol. The van der Waals surface area contributed by atoms with Crippen LogP contribution >= 0.6 is 0 Å². The molecule has 0 radical (unpaired) electrons. The molecule has 1 saturated heterocycles. The summed E-state index contributed by atoms with van der Waals surface area (Å²) in [6, 6.07) is 0. The van der Waals surface area contributed by atoms with Crippen LogP contribution in [-0.2, 0) is 23.8 Å². The van der Waals surface area contributed by atoms with Crippen LogP contribution in [0.3, 0.4) is 0 Å². The molecule has 0 unspecified atom stereocenters. The first-order valence-electron chi connectivity index (χ1n) is 5.34. The Kier molecular flexibility index (Phi) is 2.04. The van der Waals surface area contributed by atoms with Crippen LogP contribution in [0.15, 0.2) is 11.8 Å². The molecule has 0 aromatic carbocycles. The van der Waals surface area contributed by atoms with Gasteiger partial charge in [0.15, 0.2) is 0 Å². The lowest BCUT2D eigenvalue weighted by atomic mass is 9.59. The van der Waals surface area contributed by atoms with Crippen LogP contribution in [0.2, 0.25) is 0 Å². The largest absolute Gasteiger partial charge is 0.466 e. The molecule has 5 nitrogen and oxygen atoms in total. The van der Waals surface area contributed by atoms with E-state index in [0.29, 0.717) is 12.2 Å². The fraction of sp³-hybridized carbons (Fsp3) is 0.636. The van der Waals surface area contributed by atoms with Crippen LogP contribution in [0.1, 0.15) is 6.42 Å². The van der Waals surface area contributed by atoms with Gasteiger partial charge in [-0.2, -0.15) is 0 Å². The number of cyclic esters (lactones) is 1. The number of hydrogen-bond acceptors (Lipinski definition) is 5. The third-order valence-electron chi connectivity index (χ3n) is 3.74. The van der Waals surface area contributed by atoms with Crippen LogP contribution in [0.4, 0.5) is 0 Å². The summed E-state index contributed by atoms with van der Waals surface area (Å²) in [5.74, 6) is -0.848. The Labute approximate surface area is 92.3 Å². The Morgan fingerprint density at radius 1 is 1.50 bits per heavy atom. The smallest absolute Gasteiger partial charge is 0.337 e. The number of fused-ring (bicyclic) bond motifs is 4. The van der Waals surface area contributed by atoms with E-state index in [1.54, 1.807) is 0 Å². The van der Waals surface area contributed by atoms with Crippen molar-refractivity contribution in [2.45, 2.75) is 12.5 Å². The Morgan fingerprint density at radius 3 is 3.06 bits per heavy atom. The van der Waals surface area contributed by atoms with E-state index in [-0.39, 0.29) is 29.8 Å². The number of carbonyl (C=O) groups excluding carboxylic acids is 2. The normalized spacial score (nSPS) is 40.1. The average Bonchev–Trinajstić information content (AvgIpc) is 2.67. The lowest BCUT2D eigenvalue weighted by Crippen LogP contribution is -2.56. The van der Waals surface area contributed by atoms with E-state index in [9.17, 15) is 9.59 Å². The number of hydrogen-bond donors (Lipinski definition) is 0. The SMILES string of the molecule is COC(=O)C1=COC(=O)[C@H]2[C@H]3CCO[C@H]3[C@@H]12. The van der Waals surface area contributed by atoms with Crippen LogP contribution < -0.4 is 0 Å². The van der Waals surface area contributed by atoms with E-state index in [0.717, 1.165) is 6.42 Å². The molecule has 5 heteroatoms. The molecule has 0 amide bonds. The zero-order valence-electron chi connectivity index (χ0n) is 8.84. The summed E-state index contributed by atoms with van der Waals surface area (Å²) in [5, 5.41) is 0. The van der Waals surface area contributed by atoms with Crippen molar-refractivity contribution in [1.29, 1.82) is 0 Å². The molecule has 4 atom stereocenters. The second-order valence-electron chi connectivity index (χ2n) is 4.34. The molecule has 16 heavy (non-hydrogen) atoms. The van der Waals surface area contributed by atoms with E-state index < -0.39 is 5.97 Å². The number of ether oxygens (including phenoxy) is 3. The van der Waals surface area contributed by atoms with E-state index in [2.05, 4.69) is 4.74 Å². The van der Waals surface area contributed by atoms with Crippen molar-refractivity contribution in [1.82, 2.24) is 0 Å². The third-order valence-corrected chi connectivity index (χ3v) is 3.74. The number of carbonyl (C=O) groups is 2. The van der Waals surface area contributed by atoms with Gasteiger partial charge in [-0.15, -0.1) is 0 Å². The topological polar surface area (TPSA) is 61.8 Å². The van der Waals surface area contributed by atoms with Crippen molar-refractivity contribution in [2.24, 2.45) is 17.8 Å². The number of methoxy groups -OCH3 is 1. The van der Waals surface area contributed by atoms with E-state index in [1.807, 2.05) is 0 Å². The van der Waals surface area contributed by atoms with Crippen molar-refractivity contribution in [3.8, 4) is 0 Å². The van der Waals surface area contributed by atoms with Gasteiger partial charge in [0.2, 0.25) is 0 Å². The first-order chi connectivity index (χ1) is 7.74. The first kappa shape index (κ1) is 9.84. The fourth-order valence-corrected chi connectivity index (χ4v) is 2.98. The van der Waals surface area contributed by atoms with E-state index in [1.165, 1.54) is 13.4 Å². The van der Waals surface area contributed by atoms with Gasteiger partial charge in [0.05, 0.1) is 24.7 Å². The molecule has 2 aliphatic heterocycles. The van der Waals surface area contributed by atoms with Gasteiger partial charge in [-0.1, -0.05) is 0 Å². The summed E-state index contributed by atoms with van der Waals surface area (Å²) in [6.45, 7) is 0.657. The minimum absolute atomic E-state index is 0.0109. The monoisotopic (exact) mass is 224 g/mol. The van der Waals surface area contributed by atoms with Crippen LogP contribution in [0.5, 0.6) is 0 Å². The maximum Gasteiger partial charge on any atom is 0.337 e. The molecule has 2 fully saturated rings. The molecule has 1 aliphatic carbocycles. The Morgan fingerprint density at radius 2 is 2.31 bits per heavy atom. The molecular weight excluding hydrogens is 212 g/mol. The number of esters is 2. The molecule has 86 valence electrons. The maximum absolute atomic E-state index is 11.6. The van der Waals surface area contributed by atoms with Gasteiger partial charge >= 0.3 is 11.9 Å². The Bertz CT molecular complexity index is 386. The highest BCUT2D eigenvalue weighted by atomic mass is 16.5. The van der Waals surface area contributed by atoms with E-state index >= 15 is 0 Å². The quantitative estimate of drug-likeness (QED) is 0.597. The molecule has 0 N–H and O–H groups in total. The lowest BCUT2D eigenvalue weighted by molar-refractivity contribution is -0.168. The Balaban J connectivity index is 1.92. The highest BCUT2D eigenvalue weighted by molar-refractivity contribution is 5.93. The van der Waals surface area contributed by atoms with Gasteiger partial charge in [0.25, 0.3) is 0 Å². The fourth-order valence-electron chi connectivity index (χ4n) is 2.98. The van der Waals surface area contributed by atoms with Crippen molar-refractivity contribution in [2.75, 3.05) is 13.7 Å². The molecule has 0 spiro atoms. The summed E-state index contributed by atoms with van der Waals surface area (Å²) in [6.07, 6.45) is 2.08. The standard InChI is InChI=1S/C11H12O5/c1-14-10(12)6-4-16-11(13)8-5-2-3-15-9(5)7(6)8/h4-5,7-9H,2-3H2,1H3/t5-,7+,8+,9-/m1/s1. The molecule has 3 aliphatic rings. The molecule has 3 rings (SSSR count). The molecular formula is C11H12O5. The van der Waals surface area contributed by atoms with Crippen molar-refractivity contribution < 1.29 is 23.8 Å². The third kappa shape index (κ3) is 1.09. The summed E-state index contributed by atoms with van der Waals surface area (Å²) in [4.78, 5) is 23.1. The Hall–Kier alpha value is -1.36. The first-order valence-corrected chi connectivity index (χ1v) is 5.34. The summed E-state index contributed by atoms with van der Waals surface area (Å²) >= 11 is 0. The molecule has 2 heterocycles. The van der Waals surface area contributed by atoms with Crippen molar-refractivity contribution in [3.05, 3.63) is 11.8 Å². The second-order valence-corrected chi connectivity index (χ2v) is 4.34. The highest BCUT2D eigenvalue weighted by Crippen LogP contribution is 2.53. The zero-order valence-corrected chi connectivity index (χ0v) is 8.84. The summed E-state index contributed by atoms with van der Waals surface area (Å²) in [7, 11) is 1.32. The lowest BCUT2D eigenvalue weighted by Gasteiger charge is -2.47. The van der Waals surface area contributed by atoms with Crippen molar-refractivity contribution in [3.63, 3.8) is 0 Å². The van der Waals surface area contributed by atoms with Crippen LogP contribution in [0, 0.1) is 17.8 Å². The van der Waals surface area contributed by atoms with E-state index in [4.69, 9.17) is 9.47 Å². The number of rotatable bonds is 1. The van der Waals surface area contributed by atoms with Gasteiger partial charge in [0.1, 0.15) is 6.26 Å². The predicted octanol–water partition coefficient (Wildman–Crippen LogP) is 0.251. The highest BCUT2D eigenvalue weighted by Gasteiger charge is 2.61. The van der Waals surface area contributed by atoms with Crippen LogP contribution in [0.25, 0.3) is 0 Å². The maximum atomic E-state index is 11.6. The molecule has 1 saturated carbocycles. The van der Waals surface area contributed by atoms with Gasteiger partial charge in [-0.05, 0) is 6.42 Å². The predicted molar refractivity (Wildman–Crippen MR) is 51.0 cm³/mol. The molecule has 0 aromatic heterocycles. The van der Waals surface area contributed by atoms with Gasteiger partial charge < -0.3 is 14.2 Å². The summed E-state index contributed by atoms with van der Waals surface area (Å²) in [5.41, 5.74) is 0.426. The zero-order chi connectivity index (χ0) is 11.3. The van der Waals surface area contributed by atoms with Crippen LogP contribution in [-0.4, -0.2) is 31.8 Å². The second kappa shape index (κ2) is 3.31. The minimum Gasteiger partial charge on any atom is -0.466 e. The van der Waals surface area contributed by atoms with Gasteiger partial charge in [-0.25, -0.2) is 4.79 Å². The van der Waals surface area contributed by atoms with Gasteiger partial charge in [0, 0.05) is 18.4 Å². The molecule has 0 aromatic rings. The minimum atomic E-state index is -0.434.